The molecule has 0 aliphatic heterocycles. The van der Waals surface area contributed by atoms with Crippen molar-refractivity contribution >= 4 is 22.9 Å². The molecule has 0 amide bonds. The van der Waals surface area contributed by atoms with Gasteiger partial charge in [-0.15, -0.1) is 11.3 Å². The van der Waals surface area contributed by atoms with Crippen LogP contribution in [0.25, 0.3) is 0 Å². The van der Waals surface area contributed by atoms with Gasteiger partial charge in [-0.1, -0.05) is 25.4 Å². The molecule has 0 bridgehead atoms. The minimum absolute atomic E-state index is 0.348. The molecule has 0 aliphatic rings. The first-order valence-corrected chi connectivity index (χ1v) is 6.90. The second kappa shape index (κ2) is 5.34. The lowest BCUT2D eigenvalue weighted by Gasteiger charge is -2.09. The van der Waals surface area contributed by atoms with Crippen molar-refractivity contribution in [1.29, 1.82) is 0 Å². The molecule has 0 radical (unpaired) electrons. The molecule has 2 aromatic rings. The summed E-state index contributed by atoms with van der Waals surface area (Å²) >= 11 is 7.32. The first-order chi connectivity index (χ1) is 8.47. The highest BCUT2D eigenvalue weighted by Crippen LogP contribution is 2.27. The molecule has 2 N–H and O–H groups in total. The van der Waals surface area contributed by atoms with Crippen LogP contribution in [0.1, 0.15) is 42.1 Å². The van der Waals surface area contributed by atoms with Crippen LogP contribution >= 0.6 is 22.9 Å². The zero-order chi connectivity index (χ0) is 13.3. The molecule has 1 aromatic heterocycles. The fraction of sp³-hybridized carbons (Fsp3) is 0.308. The predicted molar refractivity (Wildman–Crippen MR) is 73.6 cm³/mol. The van der Waals surface area contributed by atoms with E-state index < -0.39 is 6.04 Å². The van der Waals surface area contributed by atoms with Crippen LogP contribution in [0.5, 0.6) is 0 Å². The van der Waals surface area contributed by atoms with E-state index in [4.69, 9.17) is 17.3 Å². The lowest BCUT2D eigenvalue weighted by Crippen LogP contribution is -2.12. The zero-order valence-electron chi connectivity index (χ0n) is 10.2. The van der Waals surface area contributed by atoms with Crippen molar-refractivity contribution in [2.24, 2.45) is 5.73 Å². The Hall–Kier alpha value is -0.970. The Morgan fingerprint density at radius 1 is 1.33 bits per heavy atom. The fourth-order valence-electron chi connectivity index (χ4n) is 1.61. The molecule has 5 heteroatoms. The molecule has 1 aromatic carbocycles. The molecule has 18 heavy (non-hydrogen) atoms. The summed E-state index contributed by atoms with van der Waals surface area (Å²) in [5.74, 6) is -0.0214. The van der Waals surface area contributed by atoms with Gasteiger partial charge in [-0.25, -0.2) is 9.37 Å². The first kappa shape index (κ1) is 13.5. The predicted octanol–water partition coefficient (Wildman–Crippen LogP) is 4.11. The monoisotopic (exact) mass is 284 g/mol. The number of hydrogen-bond acceptors (Lipinski definition) is 3. The maximum Gasteiger partial charge on any atom is 0.125 e. The number of benzene rings is 1. The SMILES string of the molecule is CC(C)c1csc(C(N)c2cc(F)cc(Cl)c2)n1. The summed E-state index contributed by atoms with van der Waals surface area (Å²) in [5, 5.41) is 3.11. The van der Waals surface area contributed by atoms with Gasteiger partial charge < -0.3 is 5.73 Å². The van der Waals surface area contributed by atoms with Crippen LogP contribution in [0.4, 0.5) is 4.39 Å². The van der Waals surface area contributed by atoms with Crippen LogP contribution < -0.4 is 5.73 Å². The van der Waals surface area contributed by atoms with Crippen LogP contribution in [0.3, 0.4) is 0 Å². The van der Waals surface area contributed by atoms with Gasteiger partial charge >= 0.3 is 0 Å². The molecule has 2 nitrogen and oxygen atoms in total. The third-order valence-corrected chi connectivity index (χ3v) is 3.81. The molecule has 1 atom stereocenters. The average molecular weight is 285 g/mol. The summed E-state index contributed by atoms with van der Waals surface area (Å²) in [6.07, 6.45) is 0. The Labute approximate surface area is 115 Å². The smallest absolute Gasteiger partial charge is 0.125 e. The molecule has 2 rings (SSSR count). The Kier molecular flexibility index (Phi) is 4.00. The summed E-state index contributed by atoms with van der Waals surface area (Å²) in [5.41, 5.74) is 7.74. The highest BCUT2D eigenvalue weighted by Gasteiger charge is 2.15. The molecule has 0 aliphatic carbocycles. The van der Waals surface area contributed by atoms with Crippen LogP contribution in [-0.4, -0.2) is 4.98 Å². The molecular formula is C13H14ClFN2S. The van der Waals surface area contributed by atoms with Gasteiger partial charge in [0, 0.05) is 10.4 Å². The number of rotatable bonds is 3. The van der Waals surface area contributed by atoms with E-state index in [1.807, 2.05) is 5.38 Å². The van der Waals surface area contributed by atoms with Crippen LogP contribution in [0, 0.1) is 5.82 Å². The van der Waals surface area contributed by atoms with Gasteiger partial charge in [-0.3, -0.25) is 0 Å². The van der Waals surface area contributed by atoms with Crippen molar-refractivity contribution in [2.75, 3.05) is 0 Å². The van der Waals surface area contributed by atoms with E-state index in [-0.39, 0.29) is 5.82 Å². The lowest BCUT2D eigenvalue weighted by molar-refractivity contribution is 0.623. The Bertz CT molecular complexity index is 533. The molecule has 1 heterocycles. The average Bonchev–Trinajstić information content (AvgIpc) is 2.75. The van der Waals surface area contributed by atoms with E-state index in [0.717, 1.165) is 10.7 Å². The van der Waals surface area contributed by atoms with E-state index in [0.29, 0.717) is 16.5 Å². The van der Waals surface area contributed by atoms with E-state index in [2.05, 4.69) is 18.8 Å². The Balaban J connectivity index is 2.31. The summed E-state index contributed by atoms with van der Waals surface area (Å²) in [6.45, 7) is 4.15. The van der Waals surface area contributed by atoms with Gasteiger partial charge in [0.1, 0.15) is 10.8 Å². The number of thiazole rings is 1. The molecule has 96 valence electrons. The van der Waals surface area contributed by atoms with Crippen molar-refractivity contribution in [3.05, 3.63) is 50.7 Å². The van der Waals surface area contributed by atoms with E-state index in [1.165, 1.54) is 23.5 Å². The van der Waals surface area contributed by atoms with E-state index in [9.17, 15) is 4.39 Å². The van der Waals surface area contributed by atoms with Crippen molar-refractivity contribution in [3.63, 3.8) is 0 Å². The van der Waals surface area contributed by atoms with Crippen LogP contribution in [0.2, 0.25) is 5.02 Å². The maximum absolute atomic E-state index is 13.3. The third-order valence-electron chi connectivity index (χ3n) is 2.64. The third kappa shape index (κ3) is 2.88. The van der Waals surface area contributed by atoms with Crippen molar-refractivity contribution in [2.45, 2.75) is 25.8 Å². The van der Waals surface area contributed by atoms with Gasteiger partial charge in [-0.2, -0.15) is 0 Å². The largest absolute Gasteiger partial charge is 0.318 e. The molecule has 0 saturated heterocycles. The zero-order valence-corrected chi connectivity index (χ0v) is 11.7. The van der Waals surface area contributed by atoms with Crippen molar-refractivity contribution < 1.29 is 4.39 Å². The quantitative estimate of drug-likeness (QED) is 0.921. The number of nitrogens with two attached hydrogens (primary N) is 1. The van der Waals surface area contributed by atoms with Crippen molar-refractivity contribution in [1.82, 2.24) is 4.98 Å². The van der Waals surface area contributed by atoms with Crippen molar-refractivity contribution in [3.8, 4) is 0 Å². The molecule has 0 spiro atoms. The summed E-state index contributed by atoms with van der Waals surface area (Å²) < 4.78 is 13.3. The highest BCUT2D eigenvalue weighted by molar-refractivity contribution is 7.09. The Morgan fingerprint density at radius 3 is 2.61 bits per heavy atom. The molecular weight excluding hydrogens is 271 g/mol. The molecule has 1 unspecified atom stereocenters. The standard InChI is InChI=1S/C13H14ClFN2S/c1-7(2)11-6-18-13(17-11)12(16)8-3-9(14)5-10(15)4-8/h3-7,12H,16H2,1-2H3. The van der Waals surface area contributed by atoms with Crippen LogP contribution in [-0.2, 0) is 0 Å². The minimum atomic E-state index is -0.435. The van der Waals surface area contributed by atoms with Crippen LogP contribution in [0.15, 0.2) is 23.6 Å². The van der Waals surface area contributed by atoms with Gasteiger partial charge in [0.15, 0.2) is 0 Å². The first-order valence-electron chi connectivity index (χ1n) is 5.64. The van der Waals surface area contributed by atoms with E-state index >= 15 is 0 Å². The summed E-state index contributed by atoms with van der Waals surface area (Å²) in [7, 11) is 0. The number of hydrogen-bond donors (Lipinski definition) is 1. The van der Waals surface area contributed by atoms with E-state index in [1.54, 1.807) is 6.07 Å². The number of halogens is 2. The highest BCUT2D eigenvalue weighted by atomic mass is 35.5. The number of aromatic nitrogens is 1. The molecule has 0 saturated carbocycles. The van der Waals surface area contributed by atoms with Gasteiger partial charge in [0.2, 0.25) is 0 Å². The summed E-state index contributed by atoms with van der Waals surface area (Å²) in [4.78, 5) is 4.47. The van der Waals surface area contributed by atoms with Gasteiger partial charge in [0.05, 0.1) is 11.7 Å². The second-order valence-corrected chi connectivity index (χ2v) is 5.77. The summed E-state index contributed by atoms with van der Waals surface area (Å²) in [6, 6.07) is 3.90. The topological polar surface area (TPSA) is 38.9 Å². The maximum atomic E-state index is 13.3. The Morgan fingerprint density at radius 2 is 2.06 bits per heavy atom. The number of nitrogens with zero attached hydrogens (tertiary/aromatic N) is 1. The van der Waals surface area contributed by atoms with Gasteiger partial charge in [-0.05, 0) is 29.7 Å². The molecule has 0 fully saturated rings. The van der Waals surface area contributed by atoms with Gasteiger partial charge in [0.25, 0.3) is 0 Å². The normalized spacial score (nSPS) is 13.0. The lowest BCUT2D eigenvalue weighted by atomic mass is 10.1. The minimum Gasteiger partial charge on any atom is -0.318 e. The fourth-order valence-corrected chi connectivity index (χ4v) is 2.84. The second-order valence-electron chi connectivity index (χ2n) is 4.45.